The number of nitrogens with zero attached hydrogens (tertiary/aromatic N) is 4. The van der Waals surface area contributed by atoms with Crippen molar-refractivity contribution in [2.75, 3.05) is 27.2 Å². The highest BCUT2D eigenvalue weighted by atomic mass is 16.2. The van der Waals surface area contributed by atoms with E-state index in [0.717, 1.165) is 23.4 Å². The molecule has 0 fully saturated rings. The molecule has 1 aromatic carbocycles. The molecule has 2 aromatic heterocycles. The highest BCUT2D eigenvalue weighted by molar-refractivity contribution is 5.93. The molecule has 3 rings (SSSR count). The van der Waals surface area contributed by atoms with Crippen molar-refractivity contribution in [3.63, 3.8) is 0 Å². The average Bonchev–Trinajstić information content (AvgIpc) is 3.16. The van der Waals surface area contributed by atoms with Crippen LogP contribution in [0.25, 0.3) is 11.3 Å². The molecule has 2 heterocycles. The van der Waals surface area contributed by atoms with Gasteiger partial charge in [-0.15, -0.1) is 0 Å². The molecule has 1 N–H and O–H groups in total. The number of carbonyl (C=O) groups excluding carboxylic acids is 1. The molecular weight excluding hydrogens is 326 g/mol. The third kappa shape index (κ3) is 4.55. The van der Waals surface area contributed by atoms with Crippen LogP contribution in [0.4, 0.5) is 0 Å². The summed E-state index contributed by atoms with van der Waals surface area (Å²) in [4.78, 5) is 21.0. The van der Waals surface area contributed by atoms with Crippen LogP contribution in [0.2, 0.25) is 0 Å². The van der Waals surface area contributed by atoms with E-state index in [2.05, 4.69) is 20.1 Å². The number of carbonyl (C=O) groups is 1. The molecule has 134 valence electrons. The van der Waals surface area contributed by atoms with Crippen LogP contribution in [-0.2, 0) is 6.54 Å². The molecular formula is C20H23N5O. The fourth-order valence-corrected chi connectivity index (χ4v) is 2.64. The third-order valence-corrected chi connectivity index (χ3v) is 4.10. The zero-order valence-electron chi connectivity index (χ0n) is 15.1. The van der Waals surface area contributed by atoms with Crippen LogP contribution in [0, 0.1) is 0 Å². The van der Waals surface area contributed by atoms with Crippen molar-refractivity contribution >= 4 is 5.91 Å². The molecule has 0 saturated heterocycles. The van der Waals surface area contributed by atoms with Gasteiger partial charge in [0.2, 0.25) is 0 Å². The summed E-state index contributed by atoms with van der Waals surface area (Å²) in [6.07, 6.45) is 3.49. The number of H-pyrrole nitrogens is 1. The Morgan fingerprint density at radius 3 is 2.46 bits per heavy atom. The molecule has 0 aliphatic carbocycles. The van der Waals surface area contributed by atoms with Crippen LogP contribution >= 0.6 is 0 Å². The van der Waals surface area contributed by atoms with E-state index in [1.807, 2.05) is 67.5 Å². The Bertz CT molecular complexity index is 830. The van der Waals surface area contributed by atoms with Gasteiger partial charge < -0.3 is 9.80 Å². The molecule has 0 radical (unpaired) electrons. The van der Waals surface area contributed by atoms with E-state index in [-0.39, 0.29) is 5.91 Å². The average molecular weight is 349 g/mol. The van der Waals surface area contributed by atoms with Gasteiger partial charge >= 0.3 is 0 Å². The lowest BCUT2D eigenvalue weighted by Gasteiger charge is -2.24. The second-order valence-corrected chi connectivity index (χ2v) is 6.42. The van der Waals surface area contributed by atoms with Crippen molar-refractivity contribution in [3.8, 4) is 11.3 Å². The van der Waals surface area contributed by atoms with E-state index < -0.39 is 0 Å². The van der Waals surface area contributed by atoms with Gasteiger partial charge in [0.25, 0.3) is 5.91 Å². The van der Waals surface area contributed by atoms with Crippen molar-refractivity contribution in [2.45, 2.75) is 6.54 Å². The van der Waals surface area contributed by atoms with Crippen LogP contribution in [-0.4, -0.2) is 58.1 Å². The van der Waals surface area contributed by atoms with Crippen molar-refractivity contribution < 1.29 is 4.79 Å². The molecule has 26 heavy (non-hydrogen) atoms. The van der Waals surface area contributed by atoms with Crippen LogP contribution in [0.3, 0.4) is 0 Å². The lowest BCUT2D eigenvalue weighted by molar-refractivity contribution is 0.0726. The molecule has 3 aromatic rings. The van der Waals surface area contributed by atoms with E-state index in [1.165, 1.54) is 0 Å². The third-order valence-electron chi connectivity index (χ3n) is 4.10. The maximum atomic E-state index is 13.0. The van der Waals surface area contributed by atoms with Gasteiger partial charge in [-0.1, -0.05) is 30.3 Å². The Kier molecular flexibility index (Phi) is 5.76. The Morgan fingerprint density at radius 1 is 1.04 bits per heavy atom. The van der Waals surface area contributed by atoms with Crippen molar-refractivity contribution in [1.29, 1.82) is 0 Å². The zero-order chi connectivity index (χ0) is 18.4. The van der Waals surface area contributed by atoms with Gasteiger partial charge in [-0.2, -0.15) is 5.10 Å². The number of amides is 1. The maximum absolute atomic E-state index is 13.0. The number of hydrogen-bond donors (Lipinski definition) is 1. The second kappa shape index (κ2) is 8.40. The van der Waals surface area contributed by atoms with E-state index >= 15 is 0 Å². The monoisotopic (exact) mass is 349 g/mol. The first-order chi connectivity index (χ1) is 12.6. The van der Waals surface area contributed by atoms with Crippen molar-refractivity contribution in [1.82, 2.24) is 25.0 Å². The number of aromatic amines is 1. The molecule has 0 aliphatic heterocycles. The Labute approximate surface area is 153 Å². The number of benzene rings is 1. The minimum Gasteiger partial charge on any atom is -0.332 e. The lowest BCUT2D eigenvalue weighted by Crippen LogP contribution is -2.36. The molecule has 0 aliphatic rings. The van der Waals surface area contributed by atoms with Crippen molar-refractivity contribution in [2.24, 2.45) is 0 Å². The van der Waals surface area contributed by atoms with Crippen LogP contribution < -0.4 is 0 Å². The van der Waals surface area contributed by atoms with Crippen LogP contribution in [0.5, 0.6) is 0 Å². The van der Waals surface area contributed by atoms with E-state index in [9.17, 15) is 4.79 Å². The molecule has 0 spiro atoms. The largest absolute Gasteiger partial charge is 0.332 e. The minimum atomic E-state index is -0.0571. The Morgan fingerprint density at radius 2 is 1.77 bits per heavy atom. The summed E-state index contributed by atoms with van der Waals surface area (Å²) in [7, 11) is 4.00. The normalized spacial score (nSPS) is 10.9. The fourth-order valence-electron chi connectivity index (χ4n) is 2.64. The number of pyridine rings is 1. The van der Waals surface area contributed by atoms with Gasteiger partial charge in [0.05, 0.1) is 5.69 Å². The predicted octanol–water partition coefficient (Wildman–Crippen LogP) is 2.68. The summed E-state index contributed by atoms with van der Waals surface area (Å²) in [6.45, 7) is 1.96. The smallest absolute Gasteiger partial charge is 0.272 e. The highest BCUT2D eigenvalue weighted by Gasteiger charge is 2.19. The first kappa shape index (κ1) is 17.8. The molecule has 0 atom stereocenters. The van der Waals surface area contributed by atoms with E-state index in [0.29, 0.717) is 18.8 Å². The summed E-state index contributed by atoms with van der Waals surface area (Å²) < 4.78 is 0. The summed E-state index contributed by atoms with van der Waals surface area (Å²) in [5.74, 6) is -0.0571. The second-order valence-electron chi connectivity index (χ2n) is 6.42. The molecule has 6 nitrogen and oxygen atoms in total. The first-order valence-electron chi connectivity index (χ1n) is 8.57. The number of rotatable bonds is 7. The number of aromatic nitrogens is 3. The SMILES string of the molecule is CN(C)CCN(Cc1ccncc1)C(=O)c1cc(-c2ccccc2)n[nH]1. The predicted molar refractivity (Wildman–Crippen MR) is 102 cm³/mol. The molecule has 0 saturated carbocycles. The topological polar surface area (TPSA) is 65.1 Å². The molecule has 0 bridgehead atoms. The van der Waals surface area contributed by atoms with Gasteiger partial charge in [-0.3, -0.25) is 14.9 Å². The van der Waals surface area contributed by atoms with Gasteiger partial charge in [-0.25, -0.2) is 0 Å². The first-order valence-corrected chi connectivity index (χ1v) is 8.57. The van der Waals surface area contributed by atoms with Gasteiger partial charge in [0, 0.05) is 37.6 Å². The quantitative estimate of drug-likeness (QED) is 0.712. The van der Waals surface area contributed by atoms with Gasteiger partial charge in [0.15, 0.2) is 0 Å². The summed E-state index contributed by atoms with van der Waals surface area (Å²) in [5.41, 5.74) is 3.30. The Hall–Kier alpha value is -2.99. The maximum Gasteiger partial charge on any atom is 0.272 e. The Balaban J connectivity index is 1.79. The van der Waals surface area contributed by atoms with E-state index in [4.69, 9.17) is 0 Å². The van der Waals surface area contributed by atoms with Crippen LogP contribution in [0.15, 0.2) is 60.9 Å². The summed E-state index contributed by atoms with van der Waals surface area (Å²) >= 11 is 0. The minimum absolute atomic E-state index is 0.0571. The number of nitrogens with one attached hydrogen (secondary N) is 1. The van der Waals surface area contributed by atoms with Crippen LogP contribution in [0.1, 0.15) is 16.1 Å². The number of likely N-dealkylation sites (N-methyl/N-ethyl adjacent to an activating group) is 1. The number of hydrogen-bond acceptors (Lipinski definition) is 4. The summed E-state index contributed by atoms with van der Waals surface area (Å²) in [5, 5.41) is 7.19. The van der Waals surface area contributed by atoms with E-state index in [1.54, 1.807) is 12.4 Å². The lowest BCUT2D eigenvalue weighted by atomic mass is 10.1. The molecule has 6 heteroatoms. The van der Waals surface area contributed by atoms with Crippen molar-refractivity contribution in [3.05, 3.63) is 72.2 Å². The fraction of sp³-hybridized carbons (Fsp3) is 0.250. The van der Waals surface area contributed by atoms with Gasteiger partial charge in [-0.05, 0) is 37.9 Å². The standard InChI is InChI=1S/C20H23N5O/c1-24(2)12-13-25(15-16-8-10-21-11-9-16)20(26)19-14-18(22-23-19)17-6-4-3-5-7-17/h3-11,14H,12-13,15H2,1-2H3,(H,22,23). The highest BCUT2D eigenvalue weighted by Crippen LogP contribution is 2.18. The molecule has 0 unspecified atom stereocenters. The zero-order valence-corrected chi connectivity index (χ0v) is 15.1. The summed E-state index contributed by atoms with van der Waals surface area (Å²) in [6, 6.07) is 15.5. The van der Waals surface area contributed by atoms with Gasteiger partial charge in [0.1, 0.15) is 5.69 Å². The molecule has 1 amide bonds.